The average Bonchev–Trinajstić information content (AvgIpc) is 3.01. The Morgan fingerprint density at radius 3 is 2.45 bits per heavy atom. The van der Waals surface area contributed by atoms with Crippen LogP contribution >= 0.6 is 11.3 Å². The Morgan fingerprint density at radius 2 is 1.90 bits per heavy atom. The van der Waals surface area contributed by atoms with Crippen molar-refractivity contribution in [1.29, 1.82) is 0 Å². The number of carbonyl (C=O) groups is 2. The molecule has 6 heteroatoms. The van der Waals surface area contributed by atoms with Gasteiger partial charge in [-0.2, -0.15) is 0 Å². The standard InChI is InChI=1S/C14H14N2O3S/c1-16(19-2)14(18)10-5-7-11(8-6-10)15-13(17)12-4-3-9-20-12/h3-9H,1-2H3,(H,15,17). The normalized spacial score (nSPS) is 10.1. The maximum Gasteiger partial charge on any atom is 0.277 e. The Labute approximate surface area is 120 Å². The third-order valence-electron chi connectivity index (χ3n) is 2.69. The van der Waals surface area contributed by atoms with E-state index >= 15 is 0 Å². The average molecular weight is 290 g/mol. The van der Waals surface area contributed by atoms with Crippen molar-refractivity contribution in [2.45, 2.75) is 0 Å². The number of carbonyl (C=O) groups excluding carboxylic acids is 2. The maximum atomic E-state index is 11.9. The van der Waals surface area contributed by atoms with Crippen molar-refractivity contribution >= 4 is 28.8 Å². The summed E-state index contributed by atoms with van der Waals surface area (Å²) in [7, 11) is 2.96. The van der Waals surface area contributed by atoms with Crippen molar-refractivity contribution in [3.05, 3.63) is 52.2 Å². The van der Waals surface area contributed by atoms with Crippen LogP contribution in [0.15, 0.2) is 41.8 Å². The molecule has 0 aliphatic rings. The first-order valence-corrected chi connectivity index (χ1v) is 6.77. The molecule has 2 amide bonds. The van der Waals surface area contributed by atoms with Gasteiger partial charge in [0.05, 0.1) is 12.0 Å². The van der Waals surface area contributed by atoms with Gasteiger partial charge in [0.25, 0.3) is 11.8 Å². The molecule has 2 aromatic rings. The number of amides is 2. The number of hydrogen-bond acceptors (Lipinski definition) is 4. The van der Waals surface area contributed by atoms with Crippen LogP contribution < -0.4 is 5.32 Å². The molecule has 0 bridgehead atoms. The van der Waals surface area contributed by atoms with E-state index in [1.54, 1.807) is 30.3 Å². The first-order valence-electron chi connectivity index (χ1n) is 5.89. The topological polar surface area (TPSA) is 58.6 Å². The molecule has 0 saturated heterocycles. The second-order valence-corrected chi connectivity index (χ2v) is 4.94. The van der Waals surface area contributed by atoms with E-state index in [0.29, 0.717) is 16.1 Å². The molecule has 2 rings (SSSR count). The first kappa shape index (κ1) is 14.2. The van der Waals surface area contributed by atoms with Crippen molar-refractivity contribution < 1.29 is 14.4 Å². The lowest BCUT2D eigenvalue weighted by Crippen LogP contribution is -2.25. The Bertz CT molecular complexity index is 593. The molecule has 1 aromatic heterocycles. The highest BCUT2D eigenvalue weighted by atomic mass is 32.1. The Hall–Kier alpha value is -2.18. The number of hydroxylamine groups is 2. The van der Waals surface area contributed by atoms with E-state index in [1.807, 2.05) is 11.4 Å². The largest absolute Gasteiger partial charge is 0.321 e. The van der Waals surface area contributed by atoms with Crippen LogP contribution in [0.5, 0.6) is 0 Å². The summed E-state index contributed by atoms with van der Waals surface area (Å²) in [6.07, 6.45) is 0. The van der Waals surface area contributed by atoms with E-state index in [9.17, 15) is 9.59 Å². The maximum absolute atomic E-state index is 11.9. The van der Waals surface area contributed by atoms with Crippen LogP contribution in [-0.4, -0.2) is 31.0 Å². The zero-order chi connectivity index (χ0) is 14.5. The minimum Gasteiger partial charge on any atom is -0.321 e. The molecule has 104 valence electrons. The predicted molar refractivity (Wildman–Crippen MR) is 77.8 cm³/mol. The van der Waals surface area contributed by atoms with Gasteiger partial charge < -0.3 is 5.32 Å². The molecule has 0 aliphatic heterocycles. The van der Waals surface area contributed by atoms with Crippen LogP contribution in [0.3, 0.4) is 0 Å². The van der Waals surface area contributed by atoms with E-state index in [0.717, 1.165) is 5.06 Å². The van der Waals surface area contributed by atoms with Crippen molar-refractivity contribution in [3.8, 4) is 0 Å². The molecule has 0 unspecified atom stereocenters. The van der Waals surface area contributed by atoms with Crippen LogP contribution in [0.4, 0.5) is 5.69 Å². The highest BCUT2D eigenvalue weighted by molar-refractivity contribution is 7.12. The van der Waals surface area contributed by atoms with Crippen LogP contribution in [0.1, 0.15) is 20.0 Å². The third kappa shape index (κ3) is 3.23. The van der Waals surface area contributed by atoms with Crippen LogP contribution in [0.25, 0.3) is 0 Å². The molecule has 0 atom stereocenters. The summed E-state index contributed by atoms with van der Waals surface area (Å²) in [6.45, 7) is 0. The van der Waals surface area contributed by atoms with Gasteiger partial charge in [-0.15, -0.1) is 11.3 Å². The van der Waals surface area contributed by atoms with Gasteiger partial charge in [-0.1, -0.05) is 6.07 Å². The Morgan fingerprint density at radius 1 is 1.20 bits per heavy atom. The fourth-order valence-electron chi connectivity index (χ4n) is 1.56. The second-order valence-electron chi connectivity index (χ2n) is 3.99. The van der Waals surface area contributed by atoms with E-state index in [1.165, 1.54) is 25.5 Å². The summed E-state index contributed by atoms with van der Waals surface area (Å²) in [6, 6.07) is 10.2. The number of hydrogen-bond donors (Lipinski definition) is 1. The number of benzene rings is 1. The van der Waals surface area contributed by atoms with Crippen LogP contribution in [0.2, 0.25) is 0 Å². The summed E-state index contributed by atoms with van der Waals surface area (Å²) in [4.78, 5) is 29.1. The molecule has 1 N–H and O–H groups in total. The molecule has 5 nitrogen and oxygen atoms in total. The van der Waals surface area contributed by atoms with Gasteiger partial charge in [-0.05, 0) is 35.7 Å². The molecule has 1 heterocycles. The molecule has 20 heavy (non-hydrogen) atoms. The van der Waals surface area contributed by atoms with Crippen molar-refractivity contribution in [1.82, 2.24) is 5.06 Å². The van der Waals surface area contributed by atoms with E-state index < -0.39 is 0 Å². The van der Waals surface area contributed by atoms with Gasteiger partial charge in [0, 0.05) is 18.3 Å². The fraction of sp³-hybridized carbons (Fsp3) is 0.143. The van der Waals surface area contributed by atoms with Gasteiger partial charge in [-0.25, -0.2) is 5.06 Å². The molecular formula is C14H14N2O3S. The monoisotopic (exact) mass is 290 g/mol. The molecule has 0 spiro atoms. The highest BCUT2D eigenvalue weighted by Gasteiger charge is 2.11. The smallest absolute Gasteiger partial charge is 0.277 e. The molecule has 0 saturated carbocycles. The SMILES string of the molecule is CON(C)C(=O)c1ccc(NC(=O)c2cccs2)cc1. The quantitative estimate of drug-likeness (QED) is 0.881. The lowest BCUT2D eigenvalue weighted by atomic mass is 10.2. The number of thiophene rings is 1. The minimum absolute atomic E-state index is 0.159. The van der Waals surface area contributed by atoms with E-state index in [4.69, 9.17) is 4.84 Å². The zero-order valence-electron chi connectivity index (χ0n) is 11.1. The van der Waals surface area contributed by atoms with Crippen LogP contribution in [0, 0.1) is 0 Å². The number of anilines is 1. The second kappa shape index (κ2) is 6.31. The summed E-state index contributed by atoms with van der Waals surface area (Å²) in [5.74, 6) is -0.406. The van der Waals surface area contributed by atoms with Gasteiger partial charge in [0.1, 0.15) is 0 Å². The Kier molecular flexibility index (Phi) is 4.49. The highest BCUT2D eigenvalue weighted by Crippen LogP contribution is 2.15. The minimum atomic E-state index is -0.247. The Balaban J connectivity index is 2.05. The summed E-state index contributed by atoms with van der Waals surface area (Å²) in [5.41, 5.74) is 1.13. The molecule has 1 aromatic carbocycles. The zero-order valence-corrected chi connectivity index (χ0v) is 11.9. The van der Waals surface area contributed by atoms with Gasteiger partial charge in [0.15, 0.2) is 0 Å². The van der Waals surface area contributed by atoms with Gasteiger partial charge in [-0.3, -0.25) is 14.4 Å². The van der Waals surface area contributed by atoms with E-state index in [2.05, 4.69) is 5.32 Å². The molecule has 0 radical (unpaired) electrons. The van der Waals surface area contributed by atoms with E-state index in [-0.39, 0.29) is 11.8 Å². The van der Waals surface area contributed by atoms with Gasteiger partial charge in [0.2, 0.25) is 0 Å². The lowest BCUT2D eigenvalue weighted by Gasteiger charge is -2.13. The molecule has 0 fully saturated rings. The summed E-state index contributed by atoms with van der Waals surface area (Å²) < 4.78 is 0. The van der Waals surface area contributed by atoms with Crippen molar-refractivity contribution in [2.24, 2.45) is 0 Å². The lowest BCUT2D eigenvalue weighted by molar-refractivity contribution is -0.0756. The molecular weight excluding hydrogens is 276 g/mol. The molecule has 0 aliphatic carbocycles. The van der Waals surface area contributed by atoms with Gasteiger partial charge >= 0.3 is 0 Å². The van der Waals surface area contributed by atoms with Crippen LogP contribution in [-0.2, 0) is 4.84 Å². The number of rotatable bonds is 4. The van der Waals surface area contributed by atoms with Crippen molar-refractivity contribution in [2.75, 3.05) is 19.5 Å². The summed E-state index contributed by atoms with van der Waals surface area (Å²) >= 11 is 1.38. The fourth-order valence-corrected chi connectivity index (χ4v) is 2.18. The number of nitrogens with one attached hydrogen (secondary N) is 1. The predicted octanol–water partition coefficient (Wildman–Crippen LogP) is 2.63. The van der Waals surface area contributed by atoms with Crippen molar-refractivity contribution in [3.63, 3.8) is 0 Å². The third-order valence-corrected chi connectivity index (χ3v) is 3.56. The number of nitrogens with zero attached hydrogens (tertiary/aromatic N) is 1. The summed E-state index contributed by atoms with van der Waals surface area (Å²) in [5, 5.41) is 5.75. The first-order chi connectivity index (χ1) is 9.61.